The van der Waals surface area contributed by atoms with E-state index in [1.165, 1.54) is 9.25 Å². The number of aromatic nitrogens is 4. The van der Waals surface area contributed by atoms with E-state index < -0.39 is 0 Å². The molecule has 0 aliphatic carbocycles. The fraction of sp³-hybridized carbons (Fsp3) is 0.167. The Morgan fingerprint density at radius 3 is 2.76 bits per heavy atom. The van der Waals surface area contributed by atoms with Crippen molar-refractivity contribution in [3.63, 3.8) is 0 Å². The van der Waals surface area contributed by atoms with Gasteiger partial charge in [-0.1, -0.05) is 25.1 Å². The molecule has 25 heavy (non-hydrogen) atoms. The number of hydrogen-bond acceptors (Lipinski definition) is 3. The normalized spacial score (nSPS) is 11.2. The fourth-order valence-corrected chi connectivity index (χ4v) is 2.85. The van der Waals surface area contributed by atoms with E-state index in [2.05, 4.69) is 15.4 Å². The Morgan fingerprint density at radius 2 is 2.00 bits per heavy atom. The summed E-state index contributed by atoms with van der Waals surface area (Å²) < 4.78 is 2.95. The molecule has 0 unspecified atom stereocenters. The van der Waals surface area contributed by atoms with Crippen LogP contribution in [0.4, 0.5) is 4.79 Å². The van der Waals surface area contributed by atoms with Crippen LogP contribution in [0, 0.1) is 0 Å². The van der Waals surface area contributed by atoms with Crippen LogP contribution in [0.5, 0.6) is 0 Å². The second kappa shape index (κ2) is 5.94. The van der Waals surface area contributed by atoms with Gasteiger partial charge in [0.2, 0.25) is 0 Å². The van der Waals surface area contributed by atoms with E-state index in [9.17, 15) is 9.59 Å². The molecule has 0 radical (unpaired) electrons. The summed E-state index contributed by atoms with van der Waals surface area (Å²) >= 11 is 0. The third-order valence-corrected chi connectivity index (χ3v) is 4.11. The maximum Gasteiger partial charge on any atom is 0.325 e. The second-order valence-electron chi connectivity index (χ2n) is 5.83. The van der Waals surface area contributed by atoms with Gasteiger partial charge < -0.3 is 5.32 Å². The number of nitrogens with zero attached hydrogens (tertiary/aromatic N) is 3. The number of pyridine rings is 1. The van der Waals surface area contributed by atoms with Crippen LogP contribution in [0.2, 0.25) is 0 Å². The van der Waals surface area contributed by atoms with Crippen LogP contribution in [-0.2, 0) is 0 Å². The molecule has 2 N–H and O–H groups in total. The SMILES string of the molecule is CCCNC(=O)n1cc2ncc3c(=O)n(-c4ccccc4)[nH]c3c2c1. The number of amides is 1. The zero-order valence-corrected chi connectivity index (χ0v) is 13.7. The van der Waals surface area contributed by atoms with Crippen molar-refractivity contribution in [1.29, 1.82) is 0 Å². The quantitative estimate of drug-likeness (QED) is 0.603. The van der Waals surface area contributed by atoms with Gasteiger partial charge in [-0.15, -0.1) is 0 Å². The summed E-state index contributed by atoms with van der Waals surface area (Å²) in [6, 6.07) is 9.13. The molecule has 126 valence electrons. The van der Waals surface area contributed by atoms with E-state index in [0.717, 1.165) is 17.5 Å². The maximum absolute atomic E-state index is 12.7. The smallest absolute Gasteiger partial charge is 0.325 e. The number of fused-ring (bicyclic) bond motifs is 3. The number of aromatic amines is 1. The van der Waals surface area contributed by atoms with Crippen molar-refractivity contribution in [2.24, 2.45) is 0 Å². The Morgan fingerprint density at radius 1 is 1.20 bits per heavy atom. The highest BCUT2D eigenvalue weighted by atomic mass is 16.2. The standard InChI is InChI=1S/C18H17N5O2/c1-2-8-19-18(25)22-10-14-15(11-22)20-9-13-16(14)21-23(17(13)24)12-6-4-3-5-7-12/h3-7,9-11,21H,2,8H2,1H3,(H,19,25). The molecule has 0 fully saturated rings. The molecule has 3 heterocycles. The molecule has 0 bridgehead atoms. The lowest BCUT2D eigenvalue weighted by molar-refractivity contribution is 0.242. The number of H-pyrrole nitrogens is 1. The molecule has 0 saturated carbocycles. The van der Waals surface area contributed by atoms with Crippen molar-refractivity contribution < 1.29 is 4.79 Å². The van der Waals surface area contributed by atoms with E-state index in [1.807, 2.05) is 37.3 Å². The van der Waals surface area contributed by atoms with Crippen LogP contribution < -0.4 is 10.9 Å². The molecule has 0 saturated heterocycles. The average molecular weight is 335 g/mol. The lowest BCUT2D eigenvalue weighted by Gasteiger charge is -2.02. The first-order valence-corrected chi connectivity index (χ1v) is 8.14. The van der Waals surface area contributed by atoms with Gasteiger partial charge in [-0.2, -0.15) is 0 Å². The van der Waals surface area contributed by atoms with Crippen molar-refractivity contribution >= 4 is 27.8 Å². The summed E-state index contributed by atoms with van der Waals surface area (Å²) in [5, 5.41) is 7.18. The number of nitrogens with one attached hydrogen (secondary N) is 2. The molecule has 0 aliphatic rings. The van der Waals surface area contributed by atoms with Crippen LogP contribution >= 0.6 is 0 Å². The van der Waals surface area contributed by atoms with Crippen molar-refractivity contribution in [1.82, 2.24) is 24.6 Å². The first-order valence-electron chi connectivity index (χ1n) is 8.14. The summed E-state index contributed by atoms with van der Waals surface area (Å²) in [6.07, 6.45) is 5.77. The van der Waals surface area contributed by atoms with Gasteiger partial charge >= 0.3 is 6.03 Å². The number of hydrogen-bond donors (Lipinski definition) is 2. The van der Waals surface area contributed by atoms with Crippen LogP contribution in [0.15, 0.2) is 53.7 Å². The van der Waals surface area contributed by atoms with Crippen LogP contribution in [0.1, 0.15) is 13.3 Å². The summed E-state index contributed by atoms with van der Waals surface area (Å²) in [4.78, 5) is 29.1. The van der Waals surface area contributed by atoms with Gasteiger partial charge in [0.25, 0.3) is 5.56 Å². The third kappa shape index (κ3) is 2.50. The highest BCUT2D eigenvalue weighted by Crippen LogP contribution is 2.21. The first-order chi connectivity index (χ1) is 12.2. The van der Waals surface area contributed by atoms with E-state index >= 15 is 0 Å². The van der Waals surface area contributed by atoms with E-state index in [0.29, 0.717) is 23.0 Å². The molecular formula is C18H17N5O2. The highest BCUT2D eigenvalue weighted by molar-refractivity contribution is 6.04. The Bertz CT molecular complexity index is 1120. The minimum atomic E-state index is -0.210. The molecule has 0 spiro atoms. The van der Waals surface area contributed by atoms with Gasteiger partial charge in [0.05, 0.1) is 22.1 Å². The first kappa shape index (κ1) is 15.2. The van der Waals surface area contributed by atoms with Crippen molar-refractivity contribution in [3.05, 3.63) is 59.3 Å². The predicted octanol–water partition coefficient (Wildman–Crippen LogP) is 2.64. The van der Waals surface area contributed by atoms with Crippen molar-refractivity contribution in [2.45, 2.75) is 13.3 Å². The fourth-order valence-electron chi connectivity index (χ4n) is 2.85. The van der Waals surface area contributed by atoms with Gasteiger partial charge in [-0.05, 0) is 18.6 Å². The lowest BCUT2D eigenvalue weighted by atomic mass is 10.2. The Kier molecular flexibility index (Phi) is 3.61. The molecule has 1 amide bonds. The van der Waals surface area contributed by atoms with Gasteiger partial charge in [-0.3, -0.25) is 19.4 Å². The molecule has 7 nitrogen and oxygen atoms in total. The van der Waals surface area contributed by atoms with Gasteiger partial charge in [0.15, 0.2) is 0 Å². The van der Waals surface area contributed by atoms with Crippen LogP contribution in [0.25, 0.3) is 27.5 Å². The summed E-state index contributed by atoms with van der Waals surface area (Å²) in [5.41, 5.74) is 1.90. The van der Waals surface area contributed by atoms with Crippen molar-refractivity contribution in [2.75, 3.05) is 6.54 Å². The molecule has 4 rings (SSSR count). The number of benzene rings is 1. The van der Waals surface area contributed by atoms with E-state index in [-0.39, 0.29) is 11.6 Å². The van der Waals surface area contributed by atoms with Crippen LogP contribution in [-0.4, -0.2) is 31.9 Å². The van der Waals surface area contributed by atoms with E-state index in [4.69, 9.17) is 0 Å². The molecule has 7 heteroatoms. The molecule has 0 aliphatic heterocycles. The molecule has 4 aromatic rings. The third-order valence-electron chi connectivity index (χ3n) is 4.11. The number of carbonyl (C=O) groups excluding carboxylic acids is 1. The summed E-state index contributed by atoms with van der Waals surface area (Å²) in [5.74, 6) is 0. The zero-order valence-electron chi connectivity index (χ0n) is 13.7. The molecule has 3 aromatic heterocycles. The lowest BCUT2D eigenvalue weighted by Crippen LogP contribution is -2.27. The minimum absolute atomic E-state index is 0.168. The maximum atomic E-state index is 12.7. The van der Waals surface area contributed by atoms with Gasteiger partial charge in [0.1, 0.15) is 0 Å². The zero-order chi connectivity index (χ0) is 17.4. The topological polar surface area (TPSA) is 84.7 Å². The minimum Gasteiger partial charge on any atom is -0.337 e. The Hall–Kier alpha value is -3.35. The number of carbonyl (C=O) groups is 1. The van der Waals surface area contributed by atoms with Crippen molar-refractivity contribution in [3.8, 4) is 5.69 Å². The number of rotatable bonds is 3. The number of para-hydroxylation sites is 1. The van der Waals surface area contributed by atoms with Crippen LogP contribution in [0.3, 0.4) is 0 Å². The average Bonchev–Trinajstić information content (AvgIpc) is 3.22. The summed E-state index contributed by atoms with van der Waals surface area (Å²) in [6.45, 7) is 2.60. The molecule has 0 atom stereocenters. The van der Waals surface area contributed by atoms with Gasteiger partial charge in [-0.25, -0.2) is 9.48 Å². The molecule has 1 aromatic carbocycles. The molecular weight excluding hydrogens is 318 g/mol. The largest absolute Gasteiger partial charge is 0.337 e. The Balaban J connectivity index is 1.88. The van der Waals surface area contributed by atoms with E-state index in [1.54, 1.807) is 18.6 Å². The predicted molar refractivity (Wildman–Crippen MR) is 96.3 cm³/mol. The second-order valence-corrected chi connectivity index (χ2v) is 5.83. The highest BCUT2D eigenvalue weighted by Gasteiger charge is 2.14. The summed E-state index contributed by atoms with van der Waals surface area (Å²) in [7, 11) is 0. The van der Waals surface area contributed by atoms with Gasteiger partial charge in [0, 0.05) is 30.5 Å². The Labute approximate surface area is 142 Å². The monoisotopic (exact) mass is 335 g/mol.